The fraction of sp³-hybridized carbons (Fsp3) is 0.476. The predicted molar refractivity (Wildman–Crippen MR) is 98.6 cm³/mol. The van der Waals surface area contributed by atoms with Crippen LogP contribution in [0.5, 0.6) is 0 Å². The van der Waals surface area contributed by atoms with Crippen molar-refractivity contribution >= 4 is 16.9 Å². The molecular weight excluding hydrogens is 328 g/mol. The van der Waals surface area contributed by atoms with Gasteiger partial charge in [-0.1, -0.05) is 37.3 Å². The zero-order valence-electron chi connectivity index (χ0n) is 15.2. The molecule has 5 nitrogen and oxygen atoms in total. The van der Waals surface area contributed by atoms with Gasteiger partial charge in [-0.2, -0.15) is 0 Å². The Balaban J connectivity index is 1.80. The second-order valence-electron chi connectivity index (χ2n) is 7.72. The van der Waals surface area contributed by atoms with Crippen molar-refractivity contribution in [3.8, 4) is 0 Å². The van der Waals surface area contributed by atoms with Crippen LogP contribution in [0.25, 0.3) is 10.9 Å². The van der Waals surface area contributed by atoms with Crippen molar-refractivity contribution < 1.29 is 14.3 Å². The average Bonchev–Trinajstić information content (AvgIpc) is 3.22. The van der Waals surface area contributed by atoms with Gasteiger partial charge in [-0.15, -0.1) is 0 Å². The third-order valence-corrected chi connectivity index (χ3v) is 6.54. The molecule has 26 heavy (non-hydrogen) atoms. The Hall–Kier alpha value is -2.11. The summed E-state index contributed by atoms with van der Waals surface area (Å²) in [5.74, 6) is -0.303. The number of H-pyrrole nitrogens is 1. The van der Waals surface area contributed by atoms with Crippen molar-refractivity contribution in [2.75, 3.05) is 20.2 Å². The summed E-state index contributed by atoms with van der Waals surface area (Å²) in [6.45, 7) is 3.96. The quantitative estimate of drug-likeness (QED) is 0.667. The maximum absolute atomic E-state index is 13.1. The monoisotopic (exact) mass is 352 g/mol. The molecular formula is C21H24N2O3. The van der Waals surface area contributed by atoms with Crippen molar-refractivity contribution in [3.63, 3.8) is 0 Å². The number of nitrogens with one attached hydrogen (secondary N) is 1. The summed E-state index contributed by atoms with van der Waals surface area (Å²) in [4.78, 5) is 19.0. The van der Waals surface area contributed by atoms with Gasteiger partial charge in [0.15, 0.2) is 0 Å². The topological polar surface area (TPSA) is 54.6 Å². The van der Waals surface area contributed by atoms with Crippen LogP contribution in [0, 0.1) is 5.41 Å². The van der Waals surface area contributed by atoms with Crippen molar-refractivity contribution in [3.05, 3.63) is 47.7 Å². The lowest BCUT2D eigenvalue weighted by atomic mass is 9.74. The highest BCUT2D eigenvalue weighted by Crippen LogP contribution is 2.56. The van der Waals surface area contributed by atoms with E-state index in [0.717, 1.165) is 37.1 Å². The molecule has 0 aliphatic carbocycles. The molecule has 1 N–H and O–H groups in total. The molecule has 0 spiro atoms. The van der Waals surface area contributed by atoms with E-state index in [0.29, 0.717) is 6.42 Å². The highest BCUT2D eigenvalue weighted by atomic mass is 16.6. The standard InChI is InChI=1S/C21H24N2O3/c1-3-20-10-6-11-23-12-9-15-14-7-4-5-8-16(14)22-17(15)21(13-20,19(24)25-2)26-18(20)23/h4-8,10,18,22H,3,9,11-13H2,1-2H3/t18-,20+,21+/m1/s1. The van der Waals surface area contributed by atoms with Crippen molar-refractivity contribution in [2.24, 2.45) is 5.41 Å². The number of esters is 1. The number of aromatic amines is 1. The lowest BCUT2D eigenvalue weighted by Gasteiger charge is -2.41. The number of aromatic nitrogens is 1. The van der Waals surface area contributed by atoms with Gasteiger partial charge in [0.25, 0.3) is 0 Å². The Bertz CT molecular complexity index is 917. The first kappa shape index (κ1) is 16.1. The fourth-order valence-electron chi connectivity index (χ4n) is 5.22. The number of hydrogen-bond acceptors (Lipinski definition) is 4. The summed E-state index contributed by atoms with van der Waals surface area (Å²) in [7, 11) is 1.45. The summed E-state index contributed by atoms with van der Waals surface area (Å²) in [5, 5.41) is 1.17. The van der Waals surface area contributed by atoms with Gasteiger partial charge >= 0.3 is 5.97 Å². The van der Waals surface area contributed by atoms with Crippen molar-refractivity contribution in [1.29, 1.82) is 0 Å². The molecule has 1 aromatic heterocycles. The Morgan fingerprint density at radius 3 is 3.08 bits per heavy atom. The largest absolute Gasteiger partial charge is 0.467 e. The molecule has 5 rings (SSSR count). The molecule has 0 saturated carbocycles. The van der Waals surface area contributed by atoms with E-state index in [-0.39, 0.29) is 17.6 Å². The number of rotatable bonds is 2. The summed E-state index contributed by atoms with van der Waals surface area (Å²) < 4.78 is 11.9. The third kappa shape index (κ3) is 1.90. The van der Waals surface area contributed by atoms with Gasteiger partial charge in [0.2, 0.25) is 5.60 Å². The number of carbonyl (C=O) groups is 1. The maximum Gasteiger partial charge on any atom is 0.344 e. The molecule has 3 aliphatic heterocycles. The molecule has 5 heteroatoms. The van der Waals surface area contributed by atoms with Crippen LogP contribution in [0.4, 0.5) is 0 Å². The summed E-state index contributed by atoms with van der Waals surface area (Å²) in [5.41, 5.74) is 1.89. The van der Waals surface area contributed by atoms with Gasteiger partial charge < -0.3 is 14.5 Å². The highest BCUT2D eigenvalue weighted by molar-refractivity contribution is 5.90. The van der Waals surface area contributed by atoms with E-state index in [1.165, 1.54) is 18.1 Å². The lowest BCUT2D eigenvalue weighted by molar-refractivity contribution is -0.182. The number of nitrogens with zero attached hydrogens (tertiary/aromatic N) is 1. The number of benzene rings is 1. The summed E-state index contributed by atoms with van der Waals surface area (Å²) in [6, 6.07) is 8.25. The fourth-order valence-corrected chi connectivity index (χ4v) is 5.22. The molecule has 3 aliphatic rings. The molecule has 0 amide bonds. The number of carbonyl (C=O) groups excluding carboxylic acids is 1. The van der Waals surface area contributed by atoms with Crippen LogP contribution >= 0.6 is 0 Å². The second-order valence-corrected chi connectivity index (χ2v) is 7.72. The van der Waals surface area contributed by atoms with E-state index in [1.807, 2.05) is 12.1 Å². The first-order valence-corrected chi connectivity index (χ1v) is 9.41. The van der Waals surface area contributed by atoms with Crippen LogP contribution in [0.15, 0.2) is 36.4 Å². The van der Waals surface area contributed by atoms with Crippen LogP contribution in [0.1, 0.15) is 31.0 Å². The number of ether oxygens (including phenoxy) is 2. The minimum Gasteiger partial charge on any atom is -0.467 e. The van der Waals surface area contributed by atoms with Crippen LogP contribution in [-0.2, 0) is 26.3 Å². The Morgan fingerprint density at radius 2 is 2.27 bits per heavy atom. The Morgan fingerprint density at radius 1 is 1.42 bits per heavy atom. The van der Waals surface area contributed by atoms with Gasteiger partial charge in [0.05, 0.1) is 12.8 Å². The van der Waals surface area contributed by atoms with Gasteiger partial charge in [-0.3, -0.25) is 4.90 Å². The first-order valence-electron chi connectivity index (χ1n) is 9.41. The molecule has 0 unspecified atom stereocenters. The smallest absolute Gasteiger partial charge is 0.344 e. The number of hydrogen-bond donors (Lipinski definition) is 1. The number of methoxy groups -OCH3 is 1. The van der Waals surface area contributed by atoms with Gasteiger partial charge in [0.1, 0.15) is 6.23 Å². The van der Waals surface area contributed by atoms with Crippen LogP contribution in [0.2, 0.25) is 0 Å². The summed E-state index contributed by atoms with van der Waals surface area (Å²) >= 11 is 0. The highest BCUT2D eigenvalue weighted by Gasteiger charge is 2.63. The van der Waals surface area contributed by atoms with E-state index in [4.69, 9.17) is 9.47 Å². The molecule has 2 bridgehead atoms. The van der Waals surface area contributed by atoms with E-state index < -0.39 is 5.60 Å². The van der Waals surface area contributed by atoms with Gasteiger partial charge in [-0.25, -0.2) is 4.79 Å². The third-order valence-electron chi connectivity index (χ3n) is 6.54. The molecule has 1 fully saturated rings. The molecule has 1 aromatic carbocycles. The zero-order chi connectivity index (χ0) is 17.9. The molecule has 1 saturated heterocycles. The van der Waals surface area contributed by atoms with E-state index in [9.17, 15) is 4.79 Å². The molecule has 4 heterocycles. The molecule has 0 radical (unpaired) electrons. The second kappa shape index (κ2) is 5.44. The van der Waals surface area contributed by atoms with Crippen LogP contribution < -0.4 is 0 Å². The molecule has 2 aromatic rings. The molecule has 136 valence electrons. The zero-order valence-corrected chi connectivity index (χ0v) is 15.2. The van der Waals surface area contributed by atoms with Crippen molar-refractivity contribution in [2.45, 2.75) is 38.0 Å². The summed E-state index contributed by atoms with van der Waals surface area (Å²) in [6.07, 6.45) is 6.85. The van der Waals surface area contributed by atoms with Crippen molar-refractivity contribution in [1.82, 2.24) is 9.88 Å². The van der Waals surface area contributed by atoms with Gasteiger partial charge in [0, 0.05) is 35.8 Å². The maximum atomic E-state index is 13.1. The lowest BCUT2D eigenvalue weighted by Crippen LogP contribution is -2.49. The predicted octanol–water partition coefficient (Wildman–Crippen LogP) is 3.11. The average molecular weight is 352 g/mol. The van der Waals surface area contributed by atoms with E-state index >= 15 is 0 Å². The minimum atomic E-state index is -1.07. The normalized spacial score (nSPS) is 32.9. The van der Waals surface area contributed by atoms with Crippen LogP contribution in [0.3, 0.4) is 0 Å². The van der Waals surface area contributed by atoms with E-state index in [2.05, 4.69) is 41.1 Å². The molecule has 3 atom stereocenters. The first-order chi connectivity index (χ1) is 12.6. The minimum absolute atomic E-state index is 0.0869. The SMILES string of the molecule is CC[C@]12C=CCN3CCc4c([nH]c5ccccc45)[C@](C(=O)OC)(C1)O[C@@H]32. The van der Waals surface area contributed by atoms with Crippen LogP contribution in [-0.4, -0.2) is 42.3 Å². The number of fused-ring (bicyclic) bond motifs is 5. The number of para-hydroxylation sites is 1. The Kier molecular flexibility index (Phi) is 3.37. The Labute approximate surface area is 153 Å². The van der Waals surface area contributed by atoms with Gasteiger partial charge in [-0.05, 0) is 24.5 Å². The van der Waals surface area contributed by atoms with E-state index in [1.54, 1.807) is 0 Å².